The maximum absolute atomic E-state index is 13.7. The maximum Gasteiger partial charge on any atom is 0.166 e. The number of rotatable bonds is 4. The van der Waals surface area contributed by atoms with Crippen LogP contribution in [0.5, 0.6) is 11.5 Å². The Labute approximate surface area is 111 Å². The third-order valence-corrected chi connectivity index (χ3v) is 2.99. The van der Waals surface area contributed by atoms with Crippen LogP contribution in [0.1, 0.15) is 18.1 Å². The zero-order chi connectivity index (χ0) is 13.0. The molecule has 0 aliphatic heterocycles. The third kappa shape index (κ3) is 3.02. The molecule has 94 valence electrons. The summed E-state index contributed by atoms with van der Waals surface area (Å²) in [6.45, 7) is 2.06. The number of halogens is 2. The number of aryl methyl sites for hydroxylation is 1. The number of hydrogen-bond acceptors (Lipinski definition) is 1. The van der Waals surface area contributed by atoms with Gasteiger partial charge in [-0.3, -0.25) is 0 Å². The van der Waals surface area contributed by atoms with E-state index < -0.39 is 5.82 Å². The molecule has 0 aromatic heterocycles. The first-order valence-corrected chi connectivity index (χ1v) is 6.37. The molecule has 1 nitrogen and oxygen atoms in total. The van der Waals surface area contributed by atoms with Gasteiger partial charge in [0.15, 0.2) is 11.6 Å². The van der Waals surface area contributed by atoms with Crippen LogP contribution < -0.4 is 4.74 Å². The highest BCUT2D eigenvalue weighted by molar-refractivity contribution is 6.17. The van der Waals surface area contributed by atoms with Crippen molar-refractivity contribution in [2.45, 2.75) is 19.2 Å². The lowest BCUT2D eigenvalue weighted by Gasteiger charge is -2.08. The highest BCUT2D eigenvalue weighted by Crippen LogP contribution is 2.26. The highest BCUT2D eigenvalue weighted by Gasteiger charge is 2.06. The Hall–Kier alpha value is -1.54. The molecule has 3 heteroatoms. The lowest BCUT2D eigenvalue weighted by Crippen LogP contribution is -1.91. The number of ether oxygens (including phenoxy) is 1. The van der Waals surface area contributed by atoms with Gasteiger partial charge < -0.3 is 4.74 Å². The molecule has 0 aliphatic rings. The Kier molecular flexibility index (Phi) is 4.21. The molecule has 2 aromatic carbocycles. The Morgan fingerprint density at radius 2 is 1.94 bits per heavy atom. The van der Waals surface area contributed by atoms with Crippen molar-refractivity contribution in [3.63, 3.8) is 0 Å². The van der Waals surface area contributed by atoms with Crippen molar-refractivity contribution < 1.29 is 9.13 Å². The average Bonchev–Trinajstić information content (AvgIpc) is 2.41. The molecule has 0 saturated heterocycles. The zero-order valence-corrected chi connectivity index (χ0v) is 10.9. The van der Waals surface area contributed by atoms with E-state index in [2.05, 4.69) is 6.92 Å². The van der Waals surface area contributed by atoms with Crippen LogP contribution in [0.25, 0.3) is 0 Å². The van der Waals surface area contributed by atoms with Gasteiger partial charge in [-0.1, -0.05) is 25.1 Å². The van der Waals surface area contributed by atoms with Crippen molar-refractivity contribution in [1.82, 2.24) is 0 Å². The highest BCUT2D eigenvalue weighted by atomic mass is 35.5. The van der Waals surface area contributed by atoms with Gasteiger partial charge in [-0.2, -0.15) is 0 Å². The fourth-order valence-electron chi connectivity index (χ4n) is 1.67. The number of benzene rings is 2. The summed E-state index contributed by atoms with van der Waals surface area (Å²) >= 11 is 5.64. The van der Waals surface area contributed by atoms with Gasteiger partial charge >= 0.3 is 0 Å². The Balaban J connectivity index is 2.22. The standard InChI is InChI=1S/C15H14ClFO/c1-2-11-4-3-5-13(8-11)18-15-7-6-12(10-16)9-14(15)17/h3-9H,2,10H2,1H3. The van der Waals surface area contributed by atoms with E-state index in [-0.39, 0.29) is 5.75 Å². The van der Waals surface area contributed by atoms with Gasteiger partial charge in [-0.15, -0.1) is 11.6 Å². The molecule has 0 amide bonds. The summed E-state index contributed by atoms with van der Waals surface area (Å²) < 4.78 is 19.3. The van der Waals surface area contributed by atoms with Gasteiger partial charge in [0, 0.05) is 5.88 Å². The van der Waals surface area contributed by atoms with Crippen LogP contribution in [0.15, 0.2) is 42.5 Å². The largest absolute Gasteiger partial charge is 0.454 e. The van der Waals surface area contributed by atoms with E-state index in [1.807, 2.05) is 24.3 Å². The van der Waals surface area contributed by atoms with Crippen molar-refractivity contribution in [2.24, 2.45) is 0 Å². The van der Waals surface area contributed by atoms with E-state index in [1.54, 1.807) is 12.1 Å². The van der Waals surface area contributed by atoms with Crippen molar-refractivity contribution in [3.05, 3.63) is 59.4 Å². The Bertz CT molecular complexity index is 540. The van der Waals surface area contributed by atoms with Crippen molar-refractivity contribution in [1.29, 1.82) is 0 Å². The molecule has 0 radical (unpaired) electrons. The predicted octanol–water partition coefficient (Wildman–Crippen LogP) is 4.92. The summed E-state index contributed by atoms with van der Waals surface area (Å²) in [6.07, 6.45) is 0.921. The fraction of sp³-hybridized carbons (Fsp3) is 0.200. The van der Waals surface area contributed by atoms with Crippen LogP contribution in [0, 0.1) is 5.82 Å². The second-order valence-electron chi connectivity index (χ2n) is 4.00. The summed E-state index contributed by atoms with van der Waals surface area (Å²) in [5, 5.41) is 0. The molecule has 0 aliphatic carbocycles. The zero-order valence-electron chi connectivity index (χ0n) is 10.1. The van der Waals surface area contributed by atoms with Crippen molar-refractivity contribution in [2.75, 3.05) is 0 Å². The molecular weight excluding hydrogens is 251 g/mol. The predicted molar refractivity (Wildman–Crippen MR) is 71.9 cm³/mol. The topological polar surface area (TPSA) is 9.23 Å². The van der Waals surface area contributed by atoms with Gasteiger partial charge in [-0.05, 0) is 41.8 Å². The van der Waals surface area contributed by atoms with Crippen LogP contribution in [0.2, 0.25) is 0 Å². The smallest absolute Gasteiger partial charge is 0.166 e. The molecule has 0 fully saturated rings. The Morgan fingerprint density at radius 3 is 2.61 bits per heavy atom. The van der Waals surface area contributed by atoms with E-state index in [4.69, 9.17) is 16.3 Å². The average molecular weight is 265 g/mol. The SMILES string of the molecule is CCc1cccc(Oc2ccc(CCl)cc2F)c1. The molecule has 0 atom stereocenters. The molecule has 0 bridgehead atoms. The summed E-state index contributed by atoms with van der Waals surface area (Å²) in [6, 6.07) is 12.4. The molecule has 0 unspecified atom stereocenters. The van der Waals surface area contributed by atoms with Crippen LogP contribution in [0.4, 0.5) is 4.39 Å². The van der Waals surface area contributed by atoms with Crippen molar-refractivity contribution in [3.8, 4) is 11.5 Å². The first-order chi connectivity index (χ1) is 8.72. The van der Waals surface area contributed by atoms with E-state index in [9.17, 15) is 4.39 Å². The van der Waals surface area contributed by atoms with Gasteiger partial charge in [0.05, 0.1) is 0 Å². The first-order valence-electron chi connectivity index (χ1n) is 5.84. The summed E-state index contributed by atoms with van der Waals surface area (Å²) in [5.74, 6) is 0.766. The molecule has 0 spiro atoms. The minimum Gasteiger partial charge on any atom is -0.454 e. The fourth-order valence-corrected chi connectivity index (χ4v) is 1.83. The molecular formula is C15H14ClFO. The van der Waals surface area contributed by atoms with Crippen LogP contribution in [-0.2, 0) is 12.3 Å². The quantitative estimate of drug-likeness (QED) is 0.712. The maximum atomic E-state index is 13.7. The minimum atomic E-state index is -0.393. The second kappa shape index (κ2) is 5.87. The Morgan fingerprint density at radius 1 is 1.11 bits per heavy atom. The van der Waals surface area contributed by atoms with E-state index >= 15 is 0 Å². The van der Waals surface area contributed by atoms with Gasteiger partial charge in [-0.25, -0.2) is 4.39 Å². The minimum absolute atomic E-state index is 0.220. The number of alkyl halides is 1. The van der Waals surface area contributed by atoms with Crippen LogP contribution >= 0.6 is 11.6 Å². The first kappa shape index (κ1) is 12.9. The molecule has 0 saturated carbocycles. The van der Waals surface area contributed by atoms with Crippen LogP contribution in [0.3, 0.4) is 0 Å². The lowest BCUT2D eigenvalue weighted by atomic mass is 10.1. The van der Waals surface area contributed by atoms with Crippen LogP contribution in [-0.4, -0.2) is 0 Å². The van der Waals surface area contributed by atoms with Crippen molar-refractivity contribution >= 4 is 11.6 Å². The summed E-state index contributed by atoms with van der Waals surface area (Å²) in [5.41, 5.74) is 1.90. The molecule has 2 aromatic rings. The summed E-state index contributed by atoms with van der Waals surface area (Å²) in [7, 11) is 0. The summed E-state index contributed by atoms with van der Waals surface area (Å²) in [4.78, 5) is 0. The molecule has 0 heterocycles. The lowest BCUT2D eigenvalue weighted by molar-refractivity contribution is 0.441. The number of hydrogen-bond donors (Lipinski definition) is 0. The third-order valence-electron chi connectivity index (χ3n) is 2.69. The molecule has 2 rings (SSSR count). The van der Waals surface area contributed by atoms with Gasteiger partial charge in [0.2, 0.25) is 0 Å². The van der Waals surface area contributed by atoms with E-state index in [0.29, 0.717) is 11.6 Å². The normalized spacial score (nSPS) is 10.4. The molecule has 18 heavy (non-hydrogen) atoms. The van der Waals surface area contributed by atoms with E-state index in [0.717, 1.165) is 17.5 Å². The molecule has 0 N–H and O–H groups in total. The monoisotopic (exact) mass is 264 g/mol. The van der Waals surface area contributed by atoms with Gasteiger partial charge in [0.1, 0.15) is 5.75 Å². The van der Waals surface area contributed by atoms with Gasteiger partial charge in [0.25, 0.3) is 0 Å². The van der Waals surface area contributed by atoms with E-state index in [1.165, 1.54) is 6.07 Å². The second-order valence-corrected chi connectivity index (χ2v) is 4.27.